The summed E-state index contributed by atoms with van der Waals surface area (Å²) in [5.41, 5.74) is 4.23. The van der Waals surface area contributed by atoms with E-state index in [1.165, 1.54) is 0 Å². The van der Waals surface area contributed by atoms with Crippen LogP contribution >= 0.6 is 0 Å². The van der Waals surface area contributed by atoms with E-state index in [1.54, 1.807) is 28.4 Å². The normalized spacial score (nSPS) is 16.6. The highest BCUT2D eigenvalue weighted by Crippen LogP contribution is 2.54. The lowest BCUT2D eigenvalue weighted by molar-refractivity contribution is 0.103. The zero-order valence-electron chi connectivity index (χ0n) is 24.1. The van der Waals surface area contributed by atoms with Gasteiger partial charge in [0.05, 0.1) is 48.3 Å². The Hall–Kier alpha value is -3.06. The second-order valence-corrected chi connectivity index (χ2v) is 9.46. The van der Waals surface area contributed by atoms with Crippen molar-refractivity contribution in [2.24, 2.45) is 5.92 Å². The summed E-state index contributed by atoms with van der Waals surface area (Å²) in [5, 5.41) is 0. The molecule has 7 heteroatoms. The van der Waals surface area contributed by atoms with Gasteiger partial charge in [0, 0.05) is 24.0 Å². The van der Waals surface area contributed by atoms with Gasteiger partial charge in [-0.1, -0.05) is 32.9 Å². The highest BCUT2D eigenvalue weighted by Gasteiger charge is 2.39. The molecule has 0 spiro atoms. The van der Waals surface area contributed by atoms with Crippen LogP contribution in [0.15, 0.2) is 30.4 Å². The molecule has 0 bridgehead atoms. The van der Waals surface area contributed by atoms with E-state index in [0.29, 0.717) is 67.3 Å². The first-order valence-corrected chi connectivity index (χ1v) is 13.5. The maximum atomic E-state index is 6.19. The third-order valence-electron chi connectivity index (χ3n) is 6.79. The number of benzene rings is 2. The molecule has 0 fully saturated rings. The van der Waals surface area contributed by atoms with Gasteiger partial charge in [0.15, 0.2) is 23.0 Å². The van der Waals surface area contributed by atoms with E-state index in [9.17, 15) is 0 Å². The van der Waals surface area contributed by atoms with Crippen molar-refractivity contribution in [3.8, 4) is 34.5 Å². The molecular weight excluding hydrogens is 484 g/mol. The largest absolute Gasteiger partial charge is 0.493 e. The van der Waals surface area contributed by atoms with Crippen molar-refractivity contribution in [3.05, 3.63) is 47.0 Å². The summed E-state index contributed by atoms with van der Waals surface area (Å²) in [5.74, 6) is 3.64. The Morgan fingerprint density at radius 1 is 0.711 bits per heavy atom. The van der Waals surface area contributed by atoms with Gasteiger partial charge in [-0.3, -0.25) is 0 Å². The SMILES string of the molecule is C=C1Cc2cc(OC)c(OCCC)c(OC)c2C(c2cc(OC)c(OCCC)c(OC)c2)C1COCCC. The van der Waals surface area contributed by atoms with Gasteiger partial charge in [-0.15, -0.1) is 0 Å². The molecule has 210 valence electrons. The predicted molar refractivity (Wildman–Crippen MR) is 150 cm³/mol. The van der Waals surface area contributed by atoms with E-state index >= 15 is 0 Å². The second kappa shape index (κ2) is 14.2. The third kappa shape index (κ3) is 6.15. The molecule has 0 radical (unpaired) electrons. The second-order valence-electron chi connectivity index (χ2n) is 9.46. The predicted octanol–water partition coefficient (Wildman–Crippen LogP) is 6.59. The number of hydrogen-bond donors (Lipinski definition) is 0. The molecule has 1 aliphatic carbocycles. The summed E-state index contributed by atoms with van der Waals surface area (Å²) < 4.78 is 41.7. The van der Waals surface area contributed by atoms with Crippen molar-refractivity contribution in [2.75, 3.05) is 54.9 Å². The first kappa shape index (κ1) is 29.5. The van der Waals surface area contributed by atoms with Crippen molar-refractivity contribution in [1.29, 1.82) is 0 Å². The van der Waals surface area contributed by atoms with E-state index in [-0.39, 0.29) is 11.8 Å². The third-order valence-corrected chi connectivity index (χ3v) is 6.79. The molecule has 38 heavy (non-hydrogen) atoms. The first-order chi connectivity index (χ1) is 18.5. The molecule has 0 N–H and O–H groups in total. The quantitative estimate of drug-likeness (QED) is 0.191. The zero-order chi connectivity index (χ0) is 27.7. The molecule has 0 saturated carbocycles. The summed E-state index contributed by atoms with van der Waals surface area (Å²) in [6.07, 6.45) is 3.38. The molecule has 2 atom stereocenters. The Labute approximate surface area is 228 Å². The van der Waals surface area contributed by atoms with Crippen LogP contribution in [0.5, 0.6) is 34.5 Å². The van der Waals surface area contributed by atoms with Gasteiger partial charge in [0.2, 0.25) is 11.5 Å². The fraction of sp³-hybridized carbons (Fsp3) is 0.548. The molecule has 0 aliphatic heterocycles. The Kier molecular flexibility index (Phi) is 11.0. The minimum absolute atomic E-state index is 0.00666. The summed E-state index contributed by atoms with van der Waals surface area (Å²) in [7, 11) is 6.63. The van der Waals surface area contributed by atoms with Gasteiger partial charge in [-0.25, -0.2) is 0 Å². The molecule has 0 heterocycles. The number of ether oxygens (including phenoxy) is 7. The number of methoxy groups -OCH3 is 4. The molecule has 1 aliphatic rings. The van der Waals surface area contributed by atoms with Crippen LogP contribution in [0.1, 0.15) is 62.6 Å². The number of hydrogen-bond acceptors (Lipinski definition) is 7. The van der Waals surface area contributed by atoms with Crippen molar-refractivity contribution in [3.63, 3.8) is 0 Å². The highest BCUT2D eigenvalue weighted by atomic mass is 16.5. The number of fused-ring (bicyclic) bond motifs is 1. The summed E-state index contributed by atoms with van der Waals surface area (Å²) in [6, 6.07) is 6.12. The summed E-state index contributed by atoms with van der Waals surface area (Å²) in [6.45, 7) is 13.1. The number of rotatable bonds is 15. The van der Waals surface area contributed by atoms with Gasteiger partial charge in [-0.05, 0) is 55.0 Å². The first-order valence-electron chi connectivity index (χ1n) is 13.5. The van der Waals surface area contributed by atoms with Crippen LogP contribution in [0.25, 0.3) is 0 Å². The Morgan fingerprint density at radius 3 is 1.79 bits per heavy atom. The molecule has 2 unspecified atom stereocenters. The highest BCUT2D eigenvalue weighted by molar-refractivity contribution is 5.66. The van der Waals surface area contributed by atoms with E-state index in [0.717, 1.165) is 41.5 Å². The van der Waals surface area contributed by atoms with E-state index in [1.807, 2.05) is 12.1 Å². The lowest BCUT2D eigenvalue weighted by Crippen LogP contribution is -2.29. The van der Waals surface area contributed by atoms with Crippen LogP contribution in [0.2, 0.25) is 0 Å². The average Bonchev–Trinajstić information content (AvgIpc) is 2.94. The Balaban J connectivity index is 2.30. The van der Waals surface area contributed by atoms with Crippen molar-refractivity contribution in [2.45, 2.75) is 52.4 Å². The van der Waals surface area contributed by atoms with E-state index in [4.69, 9.17) is 33.2 Å². The minimum Gasteiger partial charge on any atom is -0.493 e. The molecule has 3 rings (SSSR count). The fourth-order valence-corrected chi connectivity index (χ4v) is 5.07. The maximum Gasteiger partial charge on any atom is 0.203 e. The minimum atomic E-state index is -0.143. The topological polar surface area (TPSA) is 64.6 Å². The summed E-state index contributed by atoms with van der Waals surface area (Å²) in [4.78, 5) is 0. The van der Waals surface area contributed by atoms with Crippen molar-refractivity contribution < 1.29 is 33.2 Å². The van der Waals surface area contributed by atoms with Crippen molar-refractivity contribution >= 4 is 0 Å². The molecule has 0 saturated heterocycles. The maximum absolute atomic E-state index is 6.19. The lowest BCUT2D eigenvalue weighted by Gasteiger charge is -2.37. The van der Waals surface area contributed by atoms with E-state index in [2.05, 4.69) is 33.4 Å². The van der Waals surface area contributed by atoms with Gasteiger partial charge in [0.25, 0.3) is 0 Å². The molecule has 2 aromatic rings. The van der Waals surface area contributed by atoms with Crippen LogP contribution < -0.4 is 28.4 Å². The molecular formula is C31H44O7. The standard InChI is InChI=1S/C31H44O7/c1-9-12-36-19-23-20(4)15-21-16-26(34-7)30(38-14-11-3)31(35-8)28(21)27(23)22-17-24(32-5)29(37-13-10-2)25(18-22)33-6/h16-18,23,27H,4,9-15,19H2,1-3,5-8H3. The van der Waals surface area contributed by atoms with Crippen LogP contribution in [0.3, 0.4) is 0 Å². The van der Waals surface area contributed by atoms with Gasteiger partial charge in [-0.2, -0.15) is 0 Å². The van der Waals surface area contributed by atoms with Gasteiger partial charge >= 0.3 is 0 Å². The molecule has 2 aromatic carbocycles. The Morgan fingerprint density at radius 2 is 1.26 bits per heavy atom. The molecule has 0 amide bonds. The zero-order valence-corrected chi connectivity index (χ0v) is 24.1. The molecule has 7 nitrogen and oxygen atoms in total. The Bertz CT molecular complexity index is 1050. The average molecular weight is 529 g/mol. The van der Waals surface area contributed by atoms with Crippen LogP contribution in [-0.4, -0.2) is 54.9 Å². The fourth-order valence-electron chi connectivity index (χ4n) is 5.07. The lowest BCUT2D eigenvalue weighted by atomic mass is 9.69. The smallest absolute Gasteiger partial charge is 0.203 e. The van der Waals surface area contributed by atoms with Gasteiger partial charge in [0.1, 0.15) is 0 Å². The monoisotopic (exact) mass is 528 g/mol. The molecule has 0 aromatic heterocycles. The van der Waals surface area contributed by atoms with Crippen molar-refractivity contribution in [1.82, 2.24) is 0 Å². The van der Waals surface area contributed by atoms with Crippen LogP contribution in [0.4, 0.5) is 0 Å². The van der Waals surface area contributed by atoms with Gasteiger partial charge < -0.3 is 33.2 Å². The summed E-state index contributed by atoms with van der Waals surface area (Å²) >= 11 is 0. The van der Waals surface area contributed by atoms with Crippen LogP contribution in [0, 0.1) is 5.92 Å². The van der Waals surface area contributed by atoms with Crippen LogP contribution in [-0.2, 0) is 11.2 Å². The van der Waals surface area contributed by atoms with E-state index < -0.39 is 0 Å².